The van der Waals surface area contributed by atoms with E-state index in [4.69, 9.17) is 1.37 Å². The fraction of sp³-hybridized carbons (Fsp3) is 0. The summed E-state index contributed by atoms with van der Waals surface area (Å²) in [5.41, 5.74) is 9.91. The van der Waals surface area contributed by atoms with Crippen LogP contribution in [-0.2, 0) is 0 Å². The van der Waals surface area contributed by atoms with Gasteiger partial charge in [-0.2, -0.15) is 0 Å². The maximum atomic E-state index is 7.97. The van der Waals surface area contributed by atoms with Crippen LogP contribution in [0.2, 0.25) is 0 Å². The molecule has 0 atom stereocenters. The second kappa shape index (κ2) is 11.3. The number of benzene rings is 9. The van der Waals surface area contributed by atoms with Gasteiger partial charge in [0, 0.05) is 20.2 Å². The van der Waals surface area contributed by atoms with Gasteiger partial charge in [0.15, 0.2) is 0 Å². The Morgan fingerprint density at radius 3 is 1.71 bits per heavy atom. The summed E-state index contributed by atoms with van der Waals surface area (Å²) >= 11 is 1.88. The Balaban J connectivity index is 1.16. The van der Waals surface area contributed by atoms with Gasteiger partial charge in [0.25, 0.3) is 0 Å². The van der Waals surface area contributed by atoms with E-state index in [1.54, 1.807) is 0 Å². The third-order valence-electron chi connectivity index (χ3n) is 10.00. The number of thiophene rings is 1. The highest BCUT2D eigenvalue weighted by Gasteiger charge is 2.20. The van der Waals surface area contributed by atoms with Crippen LogP contribution in [0.15, 0.2) is 182 Å². The summed E-state index contributed by atoms with van der Waals surface area (Å²) in [6.45, 7) is 0. The lowest BCUT2D eigenvalue weighted by Crippen LogP contribution is -1.91. The summed E-state index contributed by atoms with van der Waals surface area (Å²) in [7, 11) is 0. The van der Waals surface area contributed by atoms with Gasteiger partial charge in [-0.05, 0) is 95.0 Å². The fourth-order valence-electron chi connectivity index (χ4n) is 7.71. The zero-order valence-electron chi connectivity index (χ0n) is 27.7. The molecular weight excluding hydrogens is 609 g/mol. The van der Waals surface area contributed by atoms with E-state index in [2.05, 4.69) is 158 Å². The van der Waals surface area contributed by atoms with Gasteiger partial charge in [-0.1, -0.05) is 164 Å². The van der Waals surface area contributed by atoms with Crippen molar-refractivity contribution in [2.75, 3.05) is 0 Å². The molecule has 228 valence electrons. The first kappa shape index (κ1) is 27.0. The minimum Gasteiger partial charge on any atom is -0.135 e. The molecule has 0 aliphatic rings. The second-order valence-corrected chi connectivity index (χ2v) is 13.8. The molecule has 0 N–H and O–H groups in total. The monoisotopic (exact) mass is 639 g/mol. The molecule has 10 rings (SSSR count). The smallest absolute Gasteiger partial charge is 0.0623 e. The Morgan fingerprint density at radius 2 is 0.959 bits per heavy atom. The number of rotatable bonds is 4. The van der Waals surface area contributed by atoms with Crippen molar-refractivity contribution in [2.24, 2.45) is 0 Å². The van der Waals surface area contributed by atoms with Gasteiger partial charge in [-0.15, -0.1) is 11.3 Å². The molecule has 0 amide bonds. The maximum Gasteiger partial charge on any atom is 0.0623 e. The molecule has 0 fully saturated rings. The standard InChI is InChI=1S/C48H30S/c1-2-11-31(12-3-1)37-27-28-42-45(30-37)49-44-20-10-19-43(48(42)44)47-40-17-8-6-15-38(40)46(39-16-7-9-18-41(39)47)34-24-21-33(22-25-34)36-26-23-32-13-4-5-14-35(32)29-36/h1-30H/i4D. The predicted octanol–water partition coefficient (Wildman–Crippen LogP) is 14.2. The van der Waals surface area contributed by atoms with Crippen LogP contribution in [0.3, 0.4) is 0 Å². The lowest BCUT2D eigenvalue weighted by atomic mass is 9.84. The van der Waals surface area contributed by atoms with Gasteiger partial charge >= 0.3 is 0 Å². The van der Waals surface area contributed by atoms with Crippen LogP contribution in [0.25, 0.3) is 97.0 Å². The van der Waals surface area contributed by atoms with Crippen LogP contribution in [0.5, 0.6) is 0 Å². The lowest BCUT2D eigenvalue weighted by molar-refractivity contribution is 1.63. The van der Waals surface area contributed by atoms with E-state index in [0.717, 1.165) is 10.8 Å². The Labute approximate surface area is 290 Å². The molecular formula is C48H30S. The van der Waals surface area contributed by atoms with Crippen molar-refractivity contribution >= 4 is 63.8 Å². The van der Waals surface area contributed by atoms with Crippen LogP contribution < -0.4 is 0 Å². The van der Waals surface area contributed by atoms with Gasteiger partial charge in [0.1, 0.15) is 0 Å². The van der Waals surface area contributed by atoms with Crippen molar-refractivity contribution in [3.63, 3.8) is 0 Å². The van der Waals surface area contributed by atoms with Gasteiger partial charge in [0.05, 0.1) is 1.37 Å². The van der Waals surface area contributed by atoms with E-state index < -0.39 is 0 Å². The van der Waals surface area contributed by atoms with Crippen molar-refractivity contribution < 1.29 is 1.37 Å². The minimum absolute atomic E-state index is 0.540. The normalized spacial score (nSPS) is 12.0. The zero-order valence-corrected chi connectivity index (χ0v) is 27.5. The first-order valence-corrected chi connectivity index (χ1v) is 17.6. The van der Waals surface area contributed by atoms with Crippen molar-refractivity contribution in [2.45, 2.75) is 0 Å². The minimum atomic E-state index is 0.540. The molecule has 0 aliphatic carbocycles. The summed E-state index contributed by atoms with van der Waals surface area (Å²) < 4.78 is 10.6. The van der Waals surface area contributed by atoms with E-state index in [1.807, 2.05) is 29.5 Å². The van der Waals surface area contributed by atoms with E-state index in [1.165, 1.54) is 86.2 Å². The molecule has 0 bridgehead atoms. The zero-order chi connectivity index (χ0) is 33.2. The van der Waals surface area contributed by atoms with E-state index >= 15 is 0 Å². The SMILES string of the molecule is [2H]c1ccc2cc(-c3ccc(-c4c5ccccc5c(-c5cccc6sc7cc(-c8ccccc8)ccc7c56)c5ccccc45)cc3)ccc2c1. The lowest BCUT2D eigenvalue weighted by Gasteiger charge is -2.18. The third kappa shape index (κ3) is 4.58. The Bertz CT molecular complexity index is 2860. The first-order valence-electron chi connectivity index (χ1n) is 17.3. The number of hydrogen-bond acceptors (Lipinski definition) is 1. The van der Waals surface area contributed by atoms with Gasteiger partial charge in [0.2, 0.25) is 0 Å². The second-order valence-electron chi connectivity index (χ2n) is 12.8. The largest absolute Gasteiger partial charge is 0.135 e. The summed E-state index contributed by atoms with van der Waals surface area (Å²) in [6.07, 6.45) is 0. The Hall–Kier alpha value is -6.02. The van der Waals surface area contributed by atoms with Crippen molar-refractivity contribution in [3.8, 4) is 44.5 Å². The molecule has 0 aliphatic heterocycles. The Kier molecular flexibility index (Phi) is 6.22. The maximum absolute atomic E-state index is 7.97. The molecule has 0 nitrogen and oxygen atoms in total. The average molecular weight is 640 g/mol. The van der Waals surface area contributed by atoms with Gasteiger partial charge < -0.3 is 0 Å². The highest BCUT2D eigenvalue weighted by atomic mass is 32.1. The molecule has 0 unspecified atom stereocenters. The molecule has 1 heterocycles. The molecule has 0 saturated heterocycles. The molecule has 0 spiro atoms. The highest BCUT2D eigenvalue weighted by Crippen LogP contribution is 2.48. The highest BCUT2D eigenvalue weighted by molar-refractivity contribution is 7.26. The summed E-state index contributed by atoms with van der Waals surface area (Å²) in [4.78, 5) is 0. The van der Waals surface area contributed by atoms with Crippen LogP contribution in [0, 0.1) is 0 Å². The third-order valence-corrected chi connectivity index (χ3v) is 11.1. The molecule has 1 heteroatoms. The summed E-state index contributed by atoms with van der Waals surface area (Å²) in [5, 5.41) is 9.93. The van der Waals surface area contributed by atoms with Crippen LogP contribution in [0.4, 0.5) is 0 Å². The van der Waals surface area contributed by atoms with Crippen molar-refractivity contribution in [1.82, 2.24) is 0 Å². The molecule has 1 aromatic heterocycles. The quantitative estimate of drug-likeness (QED) is 0.168. The van der Waals surface area contributed by atoms with Crippen molar-refractivity contribution in [3.05, 3.63) is 182 Å². The van der Waals surface area contributed by atoms with E-state index in [0.29, 0.717) is 6.04 Å². The number of fused-ring (bicyclic) bond motifs is 6. The van der Waals surface area contributed by atoms with E-state index in [9.17, 15) is 0 Å². The van der Waals surface area contributed by atoms with Crippen molar-refractivity contribution in [1.29, 1.82) is 0 Å². The van der Waals surface area contributed by atoms with Crippen LogP contribution in [0.1, 0.15) is 1.37 Å². The van der Waals surface area contributed by atoms with Crippen LogP contribution in [-0.4, -0.2) is 0 Å². The predicted molar refractivity (Wildman–Crippen MR) is 214 cm³/mol. The molecule has 9 aromatic carbocycles. The molecule has 0 saturated carbocycles. The Morgan fingerprint density at radius 1 is 0.347 bits per heavy atom. The summed E-state index contributed by atoms with van der Waals surface area (Å²) in [5.74, 6) is 0. The molecule has 49 heavy (non-hydrogen) atoms. The number of hydrogen-bond donors (Lipinski definition) is 0. The van der Waals surface area contributed by atoms with E-state index in [-0.39, 0.29) is 0 Å². The van der Waals surface area contributed by atoms with Gasteiger partial charge in [-0.25, -0.2) is 0 Å². The molecule has 0 radical (unpaired) electrons. The average Bonchev–Trinajstić information content (AvgIpc) is 3.55. The van der Waals surface area contributed by atoms with Crippen LogP contribution >= 0.6 is 11.3 Å². The summed E-state index contributed by atoms with van der Waals surface area (Å²) in [6, 6.07) is 64.2. The van der Waals surface area contributed by atoms with Gasteiger partial charge in [-0.3, -0.25) is 0 Å². The fourth-order valence-corrected chi connectivity index (χ4v) is 8.88. The molecule has 10 aromatic rings. The first-order chi connectivity index (χ1) is 24.7. The topological polar surface area (TPSA) is 0 Å².